The third kappa shape index (κ3) is 3.39. The van der Waals surface area contributed by atoms with Crippen LogP contribution in [0.15, 0.2) is 53.5 Å². The summed E-state index contributed by atoms with van der Waals surface area (Å²) in [4.78, 5) is 15.3. The quantitative estimate of drug-likeness (QED) is 0.366. The van der Waals surface area contributed by atoms with Gasteiger partial charge in [0.25, 0.3) is 5.69 Å². The van der Waals surface area contributed by atoms with E-state index in [2.05, 4.69) is 31.2 Å². The fourth-order valence-corrected chi connectivity index (χ4v) is 6.91. The van der Waals surface area contributed by atoms with Crippen LogP contribution in [0.2, 0.25) is 0 Å². The third-order valence-corrected chi connectivity index (χ3v) is 7.62. The minimum Gasteiger partial charge on any atom is -0.292 e. The SMILES string of the molecule is Cc1ccc(C23C[C@H]4C[C@@H](CC(CN=Cc5ccc([N+](=O)[O-])cc5)(C4)C2)C3)cc1. The van der Waals surface area contributed by atoms with Gasteiger partial charge in [0.15, 0.2) is 0 Å². The van der Waals surface area contributed by atoms with E-state index in [1.807, 2.05) is 6.21 Å². The van der Waals surface area contributed by atoms with Gasteiger partial charge in [0.05, 0.1) is 4.92 Å². The number of hydrogen-bond donors (Lipinski definition) is 0. The van der Waals surface area contributed by atoms with Crippen molar-refractivity contribution >= 4 is 11.9 Å². The summed E-state index contributed by atoms with van der Waals surface area (Å²) in [7, 11) is 0. The number of nitro groups is 1. The molecule has 0 spiro atoms. The molecule has 4 bridgehead atoms. The van der Waals surface area contributed by atoms with Crippen LogP contribution in [0.5, 0.6) is 0 Å². The van der Waals surface area contributed by atoms with Crippen LogP contribution in [0.1, 0.15) is 55.2 Å². The van der Waals surface area contributed by atoms with Gasteiger partial charge in [-0.25, -0.2) is 0 Å². The molecule has 0 radical (unpaired) electrons. The van der Waals surface area contributed by atoms with E-state index in [0.717, 1.165) is 23.9 Å². The molecule has 4 heteroatoms. The van der Waals surface area contributed by atoms with E-state index in [0.29, 0.717) is 10.8 Å². The number of nitro benzene ring substituents is 1. The van der Waals surface area contributed by atoms with Crippen molar-refractivity contribution in [2.24, 2.45) is 22.2 Å². The van der Waals surface area contributed by atoms with Crippen LogP contribution >= 0.6 is 0 Å². The molecule has 0 aliphatic heterocycles. The molecule has 0 amide bonds. The lowest BCUT2D eigenvalue weighted by Crippen LogP contribution is -2.55. The van der Waals surface area contributed by atoms with Crippen LogP contribution in [0, 0.1) is 34.3 Å². The van der Waals surface area contributed by atoms with Gasteiger partial charge in [0.2, 0.25) is 0 Å². The zero-order chi connectivity index (χ0) is 20.1. The Hall–Kier alpha value is -2.49. The van der Waals surface area contributed by atoms with Gasteiger partial charge in [-0.1, -0.05) is 29.8 Å². The van der Waals surface area contributed by atoms with Crippen molar-refractivity contribution in [2.45, 2.75) is 50.9 Å². The number of non-ortho nitro benzene ring substituents is 1. The summed E-state index contributed by atoms with van der Waals surface area (Å²) < 4.78 is 0. The predicted molar refractivity (Wildman–Crippen MR) is 116 cm³/mol. The first-order valence-corrected chi connectivity index (χ1v) is 10.8. The Labute approximate surface area is 172 Å². The molecule has 2 aromatic rings. The molecule has 6 rings (SSSR count). The molecule has 4 aliphatic rings. The van der Waals surface area contributed by atoms with Crippen LogP contribution in [0.25, 0.3) is 0 Å². The highest BCUT2D eigenvalue weighted by Crippen LogP contribution is 2.65. The van der Waals surface area contributed by atoms with Gasteiger partial charge in [-0.15, -0.1) is 0 Å². The van der Waals surface area contributed by atoms with Crippen LogP contribution in [-0.4, -0.2) is 17.7 Å². The van der Waals surface area contributed by atoms with E-state index < -0.39 is 0 Å². The number of nitrogens with zero attached hydrogens (tertiary/aromatic N) is 2. The average Bonchev–Trinajstić information content (AvgIpc) is 2.67. The summed E-state index contributed by atoms with van der Waals surface area (Å²) in [5.41, 5.74) is 4.62. The van der Waals surface area contributed by atoms with Crippen molar-refractivity contribution in [1.82, 2.24) is 0 Å². The smallest absolute Gasteiger partial charge is 0.269 e. The molecule has 0 unspecified atom stereocenters. The van der Waals surface area contributed by atoms with Gasteiger partial charge in [-0.2, -0.15) is 0 Å². The lowest BCUT2D eigenvalue weighted by molar-refractivity contribution is -0.384. The van der Waals surface area contributed by atoms with Gasteiger partial charge in [-0.05, 0) is 91.4 Å². The van der Waals surface area contributed by atoms with Crippen molar-refractivity contribution < 1.29 is 4.92 Å². The lowest BCUT2D eigenvalue weighted by atomic mass is 9.43. The Morgan fingerprint density at radius 2 is 1.69 bits per heavy atom. The van der Waals surface area contributed by atoms with Crippen LogP contribution < -0.4 is 0 Å². The molecule has 0 heterocycles. The van der Waals surface area contributed by atoms with Gasteiger partial charge in [0.1, 0.15) is 0 Å². The molecule has 150 valence electrons. The monoisotopic (exact) mass is 388 g/mol. The van der Waals surface area contributed by atoms with E-state index in [4.69, 9.17) is 4.99 Å². The molecule has 0 saturated heterocycles. The van der Waals surface area contributed by atoms with Crippen molar-refractivity contribution in [2.75, 3.05) is 6.54 Å². The van der Waals surface area contributed by atoms with E-state index in [-0.39, 0.29) is 10.6 Å². The predicted octanol–water partition coefficient (Wildman–Crippen LogP) is 5.86. The van der Waals surface area contributed by atoms with Crippen LogP contribution in [0.3, 0.4) is 0 Å². The zero-order valence-corrected chi connectivity index (χ0v) is 17.0. The lowest BCUT2D eigenvalue weighted by Gasteiger charge is -2.62. The summed E-state index contributed by atoms with van der Waals surface area (Å²) in [6, 6.07) is 16.0. The molecule has 0 aromatic heterocycles. The fraction of sp³-hybridized carbons (Fsp3) is 0.480. The van der Waals surface area contributed by atoms with E-state index in [1.165, 1.54) is 44.1 Å². The molecule has 0 N–H and O–H groups in total. The summed E-state index contributed by atoms with van der Waals surface area (Å²) >= 11 is 0. The van der Waals surface area contributed by atoms with Gasteiger partial charge >= 0.3 is 0 Å². The molecule has 2 aromatic carbocycles. The second-order valence-electron chi connectivity index (χ2n) is 9.93. The second kappa shape index (κ2) is 6.79. The van der Waals surface area contributed by atoms with E-state index in [9.17, 15) is 10.1 Å². The first kappa shape index (κ1) is 18.5. The molecular weight excluding hydrogens is 360 g/mol. The summed E-state index contributed by atoms with van der Waals surface area (Å²) in [5, 5.41) is 10.8. The first-order valence-electron chi connectivity index (χ1n) is 10.8. The summed E-state index contributed by atoms with van der Waals surface area (Å²) in [6.07, 6.45) is 9.89. The van der Waals surface area contributed by atoms with E-state index >= 15 is 0 Å². The van der Waals surface area contributed by atoms with Crippen molar-refractivity contribution in [1.29, 1.82) is 0 Å². The van der Waals surface area contributed by atoms with Crippen LogP contribution in [0.4, 0.5) is 5.69 Å². The molecule has 4 fully saturated rings. The normalized spacial score (nSPS) is 32.7. The van der Waals surface area contributed by atoms with Crippen molar-refractivity contribution in [3.05, 3.63) is 75.3 Å². The number of aryl methyl sites for hydroxylation is 1. The Morgan fingerprint density at radius 1 is 1.03 bits per heavy atom. The highest BCUT2D eigenvalue weighted by atomic mass is 16.6. The van der Waals surface area contributed by atoms with Gasteiger partial charge in [-0.3, -0.25) is 15.1 Å². The van der Waals surface area contributed by atoms with Gasteiger partial charge in [0, 0.05) is 24.9 Å². The standard InChI is InChI=1S/C25H28N2O2/c1-18-2-6-22(7-3-18)25-13-20-10-21(14-25)12-24(11-20,16-25)17-26-15-19-4-8-23(9-5-19)27(28)29/h2-9,15,20-21H,10-14,16-17H2,1H3/t20-,21-,24?,25?/m0/s1. The van der Waals surface area contributed by atoms with Gasteiger partial charge < -0.3 is 0 Å². The maximum absolute atomic E-state index is 10.8. The third-order valence-electron chi connectivity index (χ3n) is 7.62. The summed E-state index contributed by atoms with van der Waals surface area (Å²) in [5.74, 6) is 1.68. The average molecular weight is 389 g/mol. The topological polar surface area (TPSA) is 55.5 Å². The van der Waals surface area contributed by atoms with Crippen LogP contribution in [-0.2, 0) is 5.41 Å². The molecule has 2 atom stereocenters. The number of aliphatic imine (C=N–C) groups is 1. The van der Waals surface area contributed by atoms with E-state index in [1.54, 1.807) is 29.8 Å². The minimum absolute atomic E-state index is 0.128. The van der Waals surface area contributed by atoms with Crippen molar-refractivity contribution in [3.63, 3.8) is 0 Å². The maximum Gasteiger partial charge on any atom is 0.269 e. The maximum atomic E-state index is 10.8. The highest BCUT2D eigenvalue weighted by molar-refractivity contribution is 5.79. The zero-order valence-electron chi connectivity index (χ0n) is 17.0. The number of hydrogen-bond acceptors (Lipinski definition) is 3. The fourth-order valence-electron chi connectivity index (χ4n) is 6.91. The highest BCUT2D eigenvalue weighted by Gasteiger charge is 2.57. The Bertz CT molecular complexity index is 932. The molecule has 4 saturated carbocycles. The molecule has 29 heavy (non-hydrogen) atoms. The molecule has 4 nitrogen and oxygen atoms in total. The largest absolute Gasteiger partial charge is 0.292 e. The molecular formula is C25H28N2O2. The Kier molecular flexibility index (Phi) is 4.34. The number of rotatable bonds is 5. The molecule has 4 aliphatic carbocycles. The second-order valence-corrected chi connectivity index (χ2v) is 9.93. The first-order chi connectivity index (χ1) is 14.0. The Balaban J connectivity index is 1.36. The number of benzene rings is 2. The van der Waals surface area contributed by atoms with Crippen molar-refractivity contribution in [3.8, 4) is 0 Å². The minimum atomic E-state index is -0.360. The summed E-state index contributed by atoms with van der Waals surface area (Å²) in [6.45, 7) is 3.04. The Morgan fingerprint density at radius 3 is 2.31 bits per heavy atom.